The van der Waals surface area contributed by atoms with Crippen molar-refractivity contribution in [1.82, 2.24) is 19.9 Å². The van der Waals surface area contributed by atoms with Crippen LogP contribution in [-0.4, -0.2) is 19.9 Å². The van der Waals surface area contributed by atoms with Gasteiger partial charge in [0.05, 0.1) is 23.7 Å². The minimum atomic E-state index is -0.434. The smallest absolute Gasteiger partial charge is 0.272 e. The zero-order valence-electron chi connectivity index (χ0n) is 15.3. The Labute approximate surface area is 154 Å². The summed E-state index contributed by atoms with van der Waals surface area (Å²) in [6, 6.07) is 8.80. The number of nitrogens with zero attached hydrogens (tertiary/aromatic N) is 2. The van der Waals surface area contributed by atoms with Crippen molar-refractivity contribution in [3.8, 4) is 6.07 Å². The monoisotopic (exact) mass is 361 g/mol. The largest absolute Gasteiger partial charge is 0.348 e. The number of aromatic nitrogens is 4. The molecule has 1 aromatic carbocycles. The Bertz CT molecular complexity index is 1260. The van der Waals surface area contributed by atoms with Crippen molar-refractivity contribution in [2.75, 3.05) is 0 Å². The first-order chi connectivity index (χ1) is 12.8. The van der Waals surface area contributed by atoms with E-state index in [0.29, 0.717) is 16.8 Å². The second kappa shape index (κ2) is 6.92. The van der Waals surface area contributed by atoms with Gasteiger partial charge in [0.2, 0.25) is 0 Å². The Morgan fingerprint density at radius 2 is 1.74 bits per heavy atom. The Kier molecular flexibility index (Phi) is 4.65. The van der Waals surface area contributed by atoms with Gasteiger partial charge in [-0.3, -0.25) is 9.59 Å². The number of aromatic amines is 3. The molecule has 136 valence electrons. The van der Waals surface area contributed by atoms with Crippen LogP contribution < -0.4 is 21.8 Å². The summed E-state index contributed by atoms with van der Waals surface area (Å²) in [6.45, 7) is 6.08. The summed E-state index contributed by atoms with van der Waals surface area (Å²) in [4.78, 5) is 37.3. The number of hydrogen-bond donors (Lipinski definition) is 3. The van der Waals surface area contributed by atoms with Crippen molar-refractivity contribution in [3.05, 3.63) is 84.5 Å². The van der Waals surface area contributed by atoms with Gasteiger partial charge in [-0.1, -0.05) is 32.9 Å². The molecule has 7 heteroatoms. The van der Waals surface area contributed by atoms with Gasteiger partial charge in [-0.25, -0.2) is 4.98 Å². The second-order valence-corrected chi connectivity index (χ2v) is 7.17. The van der Waals surface area contributed by atoms with Gasteiger partial charge in [0.15, 0.2) is 0 Å². The predicted molar refractivity (Wildman–Crippen MR) is 103 cm³/mol. The molecule has 0 saturated carbocycles. The molecular formula is C20H19N5O2. The van der Waals surface area contributed by atoms with Crippen molar-refractivity contribution >= 4 is 12.2 Å². The SMILES string of the molecule is CC(C)(C)c1[nH]cnc1/C=c1\[nH]c(=O)/c(=C/c2cccc(C#N)c2)[nH]c1=O. The van der Waals surface area contributed by atoms with Gasteiger partial charge in [-0.2, -0.15) is 5.26 Å². The van der Waals surface area contributed by atoms with E-state index in [0.717, 1.165) is 5.69 Å². The molecule has 0 radical (unpaired) electrons. The van der Waals surface area contributed by atoms with E-state index in [-0.39, 0.29) is 16.1 Å². The van der Waals surface area contributed by atoms with E-state index in [1.165, 1.54) is 6.08 Å². The average Bonchev–Trinajstić information content (AvgIpc) is 3.08. The third-order valence-corrected chi connectivity index (χ3v) is 4.01. The van der Waals surface area contributed by atoms with Gasteiger partial charge in [-0.05, 0) is 29.8 Å². The van der Waals surface area contributed by atoms with Crippen molar-refractivity contribution in [2.24, 2.45) is 0 Å². The first-order valence-corrected chi connectivity index (χ1v) is 8.38. The minimum Gasteiger partial charge on any atom is -0.348 e. The van der Waals surface area contributed by atoms with E-state index < -0.39 is 11.1 Å². The lowest BCUT2D eigenvalue weighted by Gasteiger charge is -2.16. The molecule has 0 bridgehead atoms. The van der Waals surface area contributed by atoms with Crippen LogP contribution >= 0.6 is 0 Å². The van der Waals surface area contributed by atoms with E-state index in [2.05, 4.69) is 19.9 Å². The van der Waals surface area contributed by atoms with Crippen molar-refractivity contribution in [3.63, 3.8) is 0 Å². The van der Waals surface area contributed by atoms with Crippen LogP contribution in [0.3, 0.4) is 0 Å². The Morgan fingerprint density at radius 1 is 1.07 bits per heavy atom. The standard InChI is InChI=1S/C20H19N5O2/c1-20(2,3)17-14(22-11-23-17)9-16-19(27)24-15(18(26)25-16)8-12-5-4-6-13(7-12)10-21/h4-9,11H,1-3H3,(H,22,23)(H,24,27)(H,25,26)/b15-8-,16-9-. The van der Waals surface area contributed by atoms with Crippen LogP contribution in [-0.2, 0) is 5.41 Å². The topological polar surface area (TPSA) is 118 Å². The molecule has 3 rings (SSSR count). The molecule has 2 heterocycles. The average molecular weight is 361 g/mol. The van der Waals surface area contributed by atoms with E-state index >= 15 is 0 Å². The third kappa shape index (κ3) is 3.96. The molecule has 27 heavy (non-hydrogen) atoms. The van der Waals surface area contributed by atoms with Gasteiger partial charge in [-0.15, -0.1) is 0 Å². The maximum atomic E-state index is 12.4. The van der Waals surface area contributed by atoms with Crippen LogP contribution in [0.1, 0.15) is 43.3 Å². The van der Waals surface area contributed by atoms with Crippen LogP contribution in [0.4, 0.5) is 0 Å². The maximum Gasteiger partial charge on any atom is 0.272 e. The predicted octanol–water partition coefficient (Wildman–Crippen LogP) is 0.613. The lowest BCUT2D eigenvalue weighted by Crippen LogP contribution is -2.46. The number of rotatable bonds is 2. The van der Waals surface area contributed by atoms with E-state index in [1.54, 1.807) is 36.7 Å². The summed E-state index contributed by atoms with van der Waals surface area (Å²) in [6.07, 6.45) is 4.64. The molecule has 7 nitrogen and oxygen atoms in total. The van der Waals surface area contributed by atoms with Crippen LogP contribution in [0.15, 0.2) is 40.2 Å². The van der Waals surface area contributed by atoms with Crippen molar-refractivity contribution in [1.29, 1.82) is 5.26 Å². The van der Waals surface area contributed by atoms with E-state index in [1.807, 2.05) is 26.8 Å². The molecule has 0 spiro atoms. The minimum absolute atomic E-state index is 0.116. The second-order valence-electron chi connectivity index (χ2n) is 7.17. The fourth-order valence-corrected chi connectivity index (χ4v) is 2.71. The Hall–Kier alpha value is -3.66. The number of H-pyrrole nitrogens is 3. The molecule has 0 atom stereocenters. The van der Waals surface area contributed by atoms with E-state index in [9.17, 15) is 9.59 Å². The molecule has 0 aliphatic heterocycles. The Balaban J connectivity index is 2.13. The van der Waals surface area contributed by atoms with Gasteiger partial charge >= 0.3 is 0 Å². The molecule has 3 aromatic rings. The normalized spacial score (nSPS) is 13.0. The summed E-state index contributed by atoms with van der Waals surface area (Å²) < 4.78 is 0. The van der Waals surface area contributed by atoms with Gasteiger partial charge in [0, 0.05) is 11.1 Å². The van der Waals surface area contributed by atoms with Crippen molar-refractivity contribution in [2.45, 2.75) is 26.2 Å². The zero-order chi connectivity index (χ0) is 19.6. The molecule has 0 fully saturated rings. The van der Waals surface area contributed by atoms with Crippen LogP contribution in [0.25, 0.3) is 12.2 Å². The number of nitriles is 1. The summed E-state index contributed by atoms with van der Waals surface area (Å²) in [7, 11) is 0. The highest BCUT2D eigenvalue weighted by molar-refractivity contribution is 5.51. The molecule has 0 amide bonds. The number of imidazole rings is 1. The number of benzene rings is 1. The summed E-state index contributed by atoms with van der Waals surface area (Å²) in [5.41, 5.74) is 1.54. The van der Waals surface area contributed by atoms with Crippen LogP contribution in [0, 0.1) is 11.3 Å². The molecule has 3 N–H and O–H groups in total. The Morgan fingerprint density at radius 3 is 2.37 bits per heavy atom. The van der Waals surface area contributed by atoms with Crippen LogP contribution in [0.2, 0.25) is 0 Å². The molecule has 0 unspecified atom stereocenters. The molecule has 0 saturated heterocycles. The lowest BCUT2D eigenvalue weighted by molar-refractivity contribution is 0.571. The summed E-state index contributed by atoms with van der Waals surface area (Å²) in [5, 5.41) is 9.20. The highest BCUT2D eigenvalue weighted by Gasteiger charge is 2.19. The maximum absolute atomic E-state index is 12.4. The fraction of sp³-hybridized carbons (Fsp3) is 0.200. The first-order valence-electron chi connectivity index (χ1n) is 8.38. The third-order valence-electron chi connectivity index (χ3n) is 4.01. The zero-order valence-corrected chi connectivity index (χ0v) is 15.3. The van der Waals surface area contributed by atoms with Crippen molar-refractivity contribution < 1.29 is 0 Å². The van der Waals surface area contributed by atoms with Crippen LogP contribution in [0.5, 0.6) is 0 Å². The van der Waals surface area contributed by atoms with Gasteiger partial charge in [0.25, 0.3) is 11.1 Å². The van der Waals surface area contributed by atoms with Gasteiger partial charge < -0.3 is 15.0 Å². The first kappa shape index (κ1) is 18.1. The number of nitrogens with one attached hydrogen (secondary N) is 3. The molecule has 2 aromatic heterocycles. The molecule has 0 aliphatic carbocycles. The number of hydrogen-bond acceptors (Lipinski definition) is 4. The molecular weight excluding hydrogens is 342 g/mol. The van der Waals surface area contributed by atoms with E-state index in [4.69, 9.17) is 5.26 Å². The fourth-order valence-electron chi connectivity index (χ4n) is 2.71. The molecule has 0 aliphatic rings. The summed E-state index contributed by atoms with van der Waals surface area (Å²) >= 11 is 0. The van der Waals surface area contributed by atoms with Gasteiger partial charge in [0.1, 0.15) is 10.7 Å². The quantitative estimate of drug-likeness (QED) is 0.620. The summed E-state index contributed by atoms with van der Waals surface area (Å²) in [5.74, 6) is 0. The lowest BCUT2D eigenvalue weighted by atomic mass is 9.90. The highest BCUT2D eigenvalue weighted by Crippen LogP contribution is 2.22. The highest BCUT2D eigenvalue weighted by atomic mass is 16.1.